The molecule has 1 rings (SSSR count). The molecule has 1 amide bonds. The topological polar surface area (TPSA) is 45.2 Å². The van der Waals surface area contributed by atoms with Crippen LogP contribution in [0.2, 0.25) is 0 Å². The normalized spacial score (nSPS) is 14.2. The zero-order valence-corrected chi connectivity index (χ0v) is 10.3. The molecule has 1 N–H and O–H groups in total. The smallest absolute Gasteiger partial charge is 0.238 e. The SMILES string of the molecule is CC(NC(C)c1cccnc1)C(=O)N(C)C. The highest BCUT2D eigenvalue weighted by Crippen LogP contribution is 2.10. The molecule has 0 aromatic carbocycles. The number of rotatable bonds is 4. The molecule has 16 heavy (non-hydrogen) atoms. The van der Waals surface area contributed by atoms with Crippen LogP contribution in [-0.4, -0.2) is 35.9 Å². The largest absolute Gasteiger partial charge is 0.347 e. The van der Waals surface area contributed by atoms with E-state index in [0.717, 1.165) is 5.56 Å². The summed E-state index contributed by atoms with van der Waals surface area (Å²) in [6.45, 7) is 3.89. The highest BCUT2D eigenvalue weighted by molar-refractivity contribution is 5.80. The summed E-state index contributed by atoms with van der Waals surface area (Å²) in [5.41, 5.74) is 1.08. The van der Waals surface area contributed by atoms with Crippen LogP contribution in [-0.2, 0) is 4.79 Å². The number of hydrogen-bond donors (Lipinski definition) is 1. The van der Waals surface area contributed by atoms with E-state index in [1.54, 1.807) is 25.2 Å². The summed E-state index contributed by atoms with van der Waals surface area (Å²) in [6, 6.07) is 3.82. The van der Waals surface area contributed by atoms with Crippen molar-refractivity contribution in [1.82, 2.24) is 15.2 Å². The molecule has 0 fully saturated rings. The third-order valence-electron chi connectivity index (χ3n) is 2.50. The molecule has 0 saturated carbocycles. The number of nitrogens with zero attached hydrogens (tertiary/aromatic N) is 2. The fourth-order valence-electron chi connectivity index (χ4n) is 1.56. The van der Waals surface area contributed by atoms with Gasteiger partial charge in [-0.05, 0) is 25.5 Å². The van der Waals surface area contributed by atoms with Crippen LogP contribution in [0.15, 0.2) is 24.5 Å². The molecule has 1 aromatic rings. The molecule has 0 spiro atoms. The van der Waals surface area contributed by atoms with E-state index >= 15 is 0 Å². The zero-order valence-electron chi connectivity index (χ0n) is 10.3. The average molecular weight is 221 g/mol. The minimum atomic E-state index is -0.190. The molecular weight excluding hydrogens is 202 g/mol. The van der Waals surface area contributed by atoms with E-state index in [1.807, 2.05) is 32.2 Å². The maximum Gasteiger partial charge on any atom is 0.238 e. The monoisotopic (exact) mass is 221 g/mol. The van der Waals surface area contributed by atoms with Crippen molar-refractivity contribution in [3.05, 3.63) is 30.1 Å². The van der Waals surface area contributed by atoms with Gasteiger partial charge in [-0.2, -0.15) is 0 Å². The van der Waals surface area contributed by atoms with Gasteiger partial charge in [0.15, 0.2) is 0 Å². The quantitative estimate of drug-likeness (QED) is 0.831. The molecular formula is C12H19N3O. The Hall–Kier alpha value is -1.42. The van der Waals surface area contributed by atoms with Crippen LogP contribution in [0, 0.1) is 0 Å². The van der Waals surface area contributed by atoms with Crippen molar-refractivity contribution in [2.24, 2.45) is 0 Å². The predicted octanol–water partition coefficient (Wildman–Crippen LogP) is 1.21. The van der Waals surface area contributed by atoms with Crippen molar-refractivity contribution in [1.29, 1.82) is 0 Å². The number of nitrogens with one attached hydrogen (secondary N) is 1. The molecule has 1 aromatic heterocycles. The molecule has 0 bridgehead atoms. The van der Waals surface area contributed by atoms with Gasteiger partial charge in [-0.15, -0.1) is 0 Å². The van der Waals surface area contributed by atoms with Crippen LogP contribution in [0.5, 0.6) is 0 Å². The Balaban J connectivity index is 2.58. The van der Waals surface area contributed by atoms with E-state index in [1.165, 1.54) is 0 Å². The highest BCUT2D eigenvalue weighted by atomic mass is 16.2. The van der Waals surface area contributed by atoms with Crippen molar-refractivity contribution < 1.29 is 4.79 Å². The second kappa shape index (κ2) is 5.61. The highest BCUT2D eigenvalue weighted by Gasteiger charge is 2.17. The summed E-state index contributed by atoms with van der Waals surface area (Å²) in [4.78, 5) is 17.3. The van der Waals surface area contributed by atoms with Crippen LogP contribution < -0.4 is 5.32 Å². The minimum absolute atomic E-state index is 0.0794. The molecule has 4 nitrogen and oxygen atoms in total. The second-order valence-electron chi connectivity index (χ2n) is 4.13. The second-order valence-corrected chi connectivity index (χ2v) is 4.13. The molecule has 1 heterocycles. The number of likely N-dealkylation sites (N-methyl/N-ethyl adjacent to an activating group) is 1. The molecule has 88 valence electrons. The van der Waals surface area contributed by atoms with Crippen LogP contribution in [0.25, 0.3) is 0 Å². The van der Waals surface area contributed by atoms with E-state index in [-0.39, 0.29) is 18.0 Å². The molecule has 2 atom stereocenters. The lowest BCUT2D eigenvalue weighted by atomic mass is 10.1. The summed E-state index contributed by atoms with van der Waals surface area (Å²) < 4.78 is 0. The first-order valence-corrected chi connectivity index (χ1v) is 5.39. The zero-order chi connectivity index (χ0) is 12.1. The van der Waals surface area contributed by atoms with Gasteiger partial charge in [0.2, 0.25) is 5.91 Å². The lowest BCUT2D eigenvalue weighted by molar-refractivity contribution is -0.130. The van der Waals surface area contributed by atoms with E-state index in [4.69, 9.17) is 0 Å². The fraction of sp³-hybridized carbons (Fsp3) is 0.500. The van der Waals surface area contributed by atoms with Crippen LogP contribution in [0.4, 0.5) is 0 Å². The summed E-state index contributed by atoms with van der Waals surface area (Å²) in [5.74, 6) is 0.0794. The minimum Gasteiger partial charge on any atom is -0.347 e. The van der Waals surface area contributed by atoms with Gasteiger partial charge < -0.3 is 4.90 Å². The number of hydrogen-bond acceptors (Lipinski definition) is 3. The van der Waals surface area contributed by atoms with Gasteiger partial charge in [0.1, 0.15) is 0 Å². The number of aromatic nitrogens is 1. The Morgan fingerprint density at radius 3 is 2.62 bits per heavy atom. The molecule has 0 saturated heterocycles. The molecule has 0 aliphatic heterocycles. The van der Waals surface area contributed by atoms with Crippen molar-refractivity contribution in [2.45, 2.75) is 25.9 Å². The average Bonchev–Trinajstić information content (AvgIpc) is 2.28. The summed E-state index contributed by atoms with van der Waals surface area (Å²) in [5, 5.41) is 3.25. The Kier molecular flexibility index (Phi) is 4.43. The Morgan fingerprint density at radius 1 is 1.44 bits per heavy atom. The maximum atomic E-state index is 11.7. The lowest BCUT2D eigenvalue weighted by Crippen LogP contribution is -2.42. The molecule has 0 aliphatic carbocycles. The van der Waals surface area contributed by atoms with Gasteiger partial charge in [0, 0.05) is 32.5 Å². The first-order chi connectivity index (χ1) is 7.52. The molecule has 2 unspecified atom stereocenters. The van der Waals surface area contributed by atoms with Crippen LogP contribution >= 0.6 is 0 Å². The predicted molar refractivity (Wildman–Crippen MR) is 63.9 cm³/mol. The summed E-state index contributed by atoms with van der Waals surface area (Å²) in [7, 11) is 3.52. The third kappa shape index (κ3) is 3.31. The Labute approximate surface area is 96.7 Å². The van der Waals surface area contributed by atoms with Gasteiger partial charge in [0.05, 0.1) is 6.04 Å². The molecule has 4 heteroatoms. The summed E-state index contributed by atoms with van der Waals surface area (Å²) in [6.07, 6.45) is 3.55. The fourth-order valence-corrected chi connectivity index (χ4v) is 1.56. The van der Waals surface area contributed by atoms with Crippen molar-refractivity contribution in [2.75, 3.05) is 14.1 Å². The third-order valence-corrected chi connectivity index (χ3v) is 2.50. The Morgan fingerprint density at radius 2 is 2.12 bits per heavy atom. The van der Waals surface area contributed by atoms with Gasteiger partial charge in [-0.3, -0.25) is 15.1 Å². The van der Waals surface area contributed by atoms with E-state index in [0.29, 0.717) is 0 Å². The van der Waals surface area contributed by atoms with Crippen molar-refractivity contribution in [3.8, 4) is 0 Å². The van der Waals surface area contributed by atoms with Crippen LogP contribution in [0.1, 0.15) is 25.5 Å². The lowest BCUT2D eigenvalue weighted by Gasteiger charge is -2.22. The van der Waals surface area contributed by atoms with Gasteiger partial charge in [-0.1, -0.05) is 6.07 Å². The van der Waals surface area contributed by atoms with Gasteiger partial charge in [-0.25, -0.2) is 0 Å². The van der Waals surface area contributed by atoms with Crippen LogP contribution in [0.3, 0.4) is 0 Å². The standard InChI is InChI=1S/C12H19N3O/c1-9(11-6-5-7-13-8-11)14-10(2)12(16)15(3)4/h5-10,14H,1-4H3. The number of carbonyl (C=O) groups is 1. The van der Waals surface area contributed by atoms with Gasteiger partial charge in [0.25, 0.3) is 0 Å². The molecule has 0 radical (unpaired) electrons. The first kappa shape index (κ1) is 12.6. The van der Waals surface area contributed by atoms with Gasteiger partial charge >= 0.3 is 0 Å². The number of carbonyl (C=O) groups excluding carboxylic acids is 1. The van der Waals surface area contributed by atoms with E-state index in [2.05, 4.69) is 10.3 Å². The maximum absolute atomic E-state index is 11.7. The van der Waals surface area contributed by atoms with E-state index < -0.39 is 0 Å². The summed E-state index contributed by atoms with van der Waals surface area (Å²) >= 11 is 0. The number of pyridine rings is 1. The van der Waals surface area contributed by atoms with Crippen molar-refractivity contribution >= 4 is 5.91 Å². The number of amides is 1. The first-order valence-electron chi connectivity index (χ1n) is 5.39. The van der Waals surface area contributed by atoms with E-state index in [9.17, 15) is 4.79 Å². The van der Waals surface area contributed by atoms with Crippen molar-refractivity contribution in [3.63, 3.8) is 0 Å². The molecule has 0 aliphatic rings. The Bertz CT molecular complexity index is 337.